The summed E-state index contributed by atoms with van der Waals surface area (Å²) in [5.41, 5.74) is 5.76. The van der Waals surface area contributed by atoms with E-state index >= 15 is 0 Å². The number of carbonyl (C=O) groups excluding carboxylic acids is 2. The Balaban J connectivity index is 2.37. The number of nitrogens with one attached hydrogen (secondary N) is 1. The van der Waals surface area contributed by atoms with Crippen LogP contribution < -0.4 is 11.1 Å². The predicted octanol–water partition coefficient (Wildman–Crippen LogP) is -0.190. The molecule has 0 saturated heterocycles. The molecule has 0 radical (unpaired) electrons. The number of hydrogen-bond acceptors (Lipinski definition) is 5. The Morgan fingerprint density at radius 1 is 1.53 bits per heavy atom. The van der Waals surface area contributed by atoms with Gasteiger partial charge < -0.3 is 16.0 Å². The minimum absolute atomic E-state index is 0.0220. The molecule has 0 spiro atoms. The summed E-state index contributed by atoms with van der Waals surface area (Å²) in [4.78, 5) is 28.4. The molecule has 0 aliphatic carbocycles. The molecule has 94 valence electrons. The Bertz CT molecular complexity index is 403. The molecular formula is C10H16N4O2S. The second kappa shape index (κ2) is 6.31. The highest BCUT2D eigenvalue weighted by Crippen LogP contribution is 2.08. The van der Waals surface area contributed by atoms with Gasteiger partial charge in [0.05, 0.1) is 0 Å². The quantitative estimate of drug-likeness (QED) is 0.764. The number of thiazole rings is 1. The molecule has 17 heavy (non-hydrogen) atoms. The van der Waals surface area contributed by atoms with Crippen LogP contribution in [0.1, 0.15) is 21.9 Å². The zero-order chi connectivity index (χ0) is 12.8. The van der Waals surface area contributed by atoms with E-state index in [0.29, 0.717) is 18.8 Å². The highest BCUT2D eigenvalue weighted by molar-refractivity contribution is 7.09. The maximum atomic E-state index is 11.6. The SMILES string of the molecule is CN(C)C(=O)CCNC(=O)c1csc(CN)n1. The van der Waals surface area contributed by atoms with Crippen molar-refractivity contribution < 1.29 is 9.59 Å². The van der Waals surface area contributed by atoms with E-state index in [9.17, 15) is 9.59 Å². The van der Waals surface area contributed by atoms with Gasteiger partial charge in [-0.1, -0.05) is 0 Å². The second-order valence-corrected chi connectivity index (χ2v) is 4.57. The molecule has 1 heterocycles. The summed E-state index contributed by atoms with van der Waals surface area (Å²) in [5.74, 6) is -0.293. The van der Waals surface area contributed by atoms with E-state index in [1.807, 2.05) is 0 Å². The first-order valence-electron chi connectivity index (χ1n) is 5.17. The third-order valence-corrected chi connectivity index (χ3v) is 2.95. The smallest absolute Gasteiger partial charge is 0.270 e. The summed E-state index contributed by atoms with van der Waals surface area (Å²) >= 11 is 1.35. The lowest BCUT2D eigenvalue weighted by Gasteiger charge is -2.09. The number of carbonyl (C=O) groups is 2. The first-order valence-corrected chi connectivity index (χ1v) is 6.05. The molecule has 3 N–H and O–H groups in total. The standard InChI is InChI=1S/C10H16N4O2S/c1-14(2)9(15)3-4-12-10(16)7-6-17-8(5-11)13-7/h6H,3-5,11H2,1-2H3,(H,12,16). The van der Waals surface area contributed by atoms with Crippen molar-refractivity contribution in [2.24, 2.45) is 5.73 Å². The van der Waals surface area contributed by atoms with Crippen molar-refractivity contribution in [3.63, 3.8) is 0 Å². The minimum Gasteiger partial charge on any atom is -0.350 e. The van der Waals surface area contributed by atoms with Crippen LogP contribution >= 0.6 is 11.3 Å². The molecule has 0 bridgehead atoms. The Labute approximate surface area is 104 Å². The lowest BCUT2D eigenvalue weighted by Crippen LogP contribution is -2.30. The number of nitrogens with two attached hydrogens (primary N) is 1. The van der Waals surface area contributed by atoms with E-state index in [0.717, 1.165) is 5.01 Å². The summed E-state index contributed by atoms with van der Waals surface area (Å²) in [6, 6.07) is 0. The monoisotopic (exact) mass is 256 g/mol. The van der Waals surface area contributed by atoms with Gasteiger partial charge in [0.25, 0.3) is 5.91 Å². The fraction of sp³-hybridized carbons (Fsp3) is 0.500. The molecule has 1 aromatic heterocycles. The summed E-state index contributed by atoms with van der Waals surface area (Å²) in [6.45, 7) is 0.641. The van der Waals surface area contributed by atoms with Crippen LogP contribution in [0, 0.1) is 0 Å². The molecule has 0 fully saturated rings. The van der Waals surface area contributed by atoms with Crippen LogP contribution in [-0.4, -0.2) is 42.3 Å². The molecule has 7 heteroatoms. The highest BCUT2D eigenvalue weighted by Gasteiger charge is 2.10. The van der Waals surface area contributed by atoms with Crippen molar-refractivity contribution in [3.05, 3.63) is 16.1 Å². The zero-order valence-electron chi connectivity index (χ0n) is 9.90. The Morgan fingerprint density at radius 3 is 2.76 bits per heavy atom. The summed E-state index contributed by atoms with van der Waals surface area (Å²) in [5, 5.41) is 5.02. The molecule has 0 unspecified atom stereocenters. The van der Waals surface area contributed by atoms with Crippen LogP contribution in [-0.2, 0) is 11.3 Å². The number of nitrogens with zero attached hydrogens (tertiary/aromatic N) is 2. The van der Waals surface area contributed by atoms with E-state index in [4.69, 9.17) is 5.73 Å². The van der Waals surface area contributed by atoms with E-state index in [1.165, 1.54) is 16.2 Å². The number of rotatable bonds is 5. The van der Waals surface area contributed by atoms with Crippen LogP contribution in [0.3, 0.4) is 0 Å². The molecule has 0 saturated carbocycles. The maximum Gasteiger partial charge on any atom is 0.270 e. The van der Waals surface area contributed by atoms with Gasteiger partial charge in [0.1, 0.15) is 10.7 Å². The Kier molecular flexibility index (Phi) is 5.05. The average Bonchev–Trinajstić information content (AvgIpc) is 2.77. The predicted molar refractivity (Wildman–Crippen MR) is 65.6 cm³/mol. The zero-order valence-corrected chi connectivity index (χ0v) is 10.7. The van der Waals surface area contributed by atoms with Gasteiger partial charge in [0, 0.05) is 39.0 Å². The molecule has 1 aromatic rings. The summed E-state index contributed by atoms with van der Waals surface area (Å²) in [7, 11) is 3.36. The highest BCUT2D eigenvalue weighted by atomic mass is 32.1. The molecule has 6 nitrogen and oxygen atoms in total. The molecule has 0 aliphatic heterocycles. The van der Waals surface area contributed by atoms with Crippen molar-refractivity contribution >= 4 is 23.2 Å². The number of amides is 2. The molecule has 0 atom stereocenters. The van der Waals surface area contributed by atoms with E-state index in [2.05, 4.69) is 10.3 Å². The Morgan fingerprint density at radius 2 is 2.24 bits per heavy atom. The third kappa shape index (κ3) is 4.12. The van der Waals surface area contributed by atoms with Gasteiger partial charge in [-0.25, -0.2) is 4.98 Å². The normalized spacial score (nSPS) is 10.1. The largest absolute Gasteiger partial charge is 0.350 e. The van der Waals surface area contributed by atoms with E-state index < -0.39 is 0 Å². The van der Waals surface area contributed by atoms with Crippen molar-refractivity contribution in [2.45, 2.75) is 13.0 Å². The number of aromatic nitrogens is 1. The fourth-order valence-electron chi connectivity index (χ4n) is 1.11. The maximum absolute atomic E-state index is 11.6. The molecule has 0 aliphatic rings. The van der Waals surface area contributed by atoms with Gasteiger partial charge in [-0.3, -0.25) is 9.59 Å². The van der Waals surface area contributed by atoms with Crippen LogP contribution in [0.5, 0.6) is 0 Å². The first-order chi connectivity index (χ1) is 8.04. The number of hydrogen-bond donors (Lipinski definition) is 2. The minimum atomic E-state index is -0.271. The van der Waals surface area contributed by atoms with Crippen LogP contribution in [0.4, 0.5) is 0 Å². The summed E-state index contributed by atoms with van der Waals surface area (Å²) in [6.07, 6.45) is 0.284. The first kappa shape index (κ1) is 13.6. The van der Waals surface area contributed by atoms with Gasteiger partial charge in [-0.05, 0) is 0 Å². The third-order valence-electron chi connectivity index (χ3n) is 2.08. The van der Waals surface area contributed by atoms with Gasteiger partial charge in [-0.2, -0.15) is 0 Å². The fourth-order valence-corrected chi connectivity index (χ4v) is 1.76. The lowest BCUT2D eigenvalue weighted by atomic mass is 10.3. The lowest BCUT2D eigenvalue weighted by molar-refractivity contribution is -0.128. The average molecular weight is 256 g/mol. The van der Waals surface area contributed by atoms with Gasteiger partial charge in [-0.15, -0.1) is 11.3 Å². The second-order valence-electron chi connectivity index (χ2n) is 3.62. The van der Waals surface area contributed by atoms with Gasteiger partial charge in [0.15, 0.2) is 0 Å². The van der Waals surface area contributed by atoms with Crippen LogP contribution in [0.2, 0.25) is 0 Å². The molecule has 2 amide bonds. The van der Waals surface area contributed by atoms with Gasteiger partial charge >= 0.3 is 0 Å². The van der Waals surface area contributed by atoms with Gasteiger partial charge in [0.2, 0.25) is 5.91 Å². The summed E-state index contributed by atoms with van der Waals surface area (Å²) < 4.78 is 0. The van der Waals surface area contributed by atoms with E-state index in [-0.39, 0.29) is 18.2 Å². The Hall–Kier alpha value is -1.47. The van der Waals surface area contributed by atoms with Crippen molar-refractivity contribution in [1.29, 1.82) is 0 Å². The van der Waals surface area contributed by atoms with Crippen LogP contribution in [0.15, 0.2) is 5.38 Å². The topological polar surface area (TPSA) is 88.3 Å². The van der Waals surface area contributed by atoms with Crippen LogP contribution in [0.25, 0.3) is 0 Å². The molecular weight excluding hydrogens is 240 g/mol. The molecule has 0 aromatic carbocycles. The van der Waals surface area contributed by atoms with Crippen molar-refractivity contribution in [3.8, 4) is 0 Å². The van der Waals surface area contributed by atoms with E-state index in [1.54, 1.807) is 19.5 Å². The van der Waals surface area contributed by atoms with Crippen molar-refractivity contribution in [2.75, 3.05) is 20.6 Å². The molecule has 1 rings (SSSR count). The van der Waals surface area contributed by atoms with Crippen molar-refractivity contribution in [1.82, 2.24) is 15.2 Å².